The first kappa shape index (κ1) is 16.6. The monoisotopic (exact) mass is 360 g/mol. The number of nitrogens with two attached hydrogens (primary N) is 1. The third kappa shape index (κ3) is 3.50. The summed E-state index contributed by atoms with van der Waals surface area (Å²) in [7, 11) is 0. The van der Waals surface area contributed by atoms with E-state index in [1.807, 2.05) is 48.5 Å². The van der Waals surface area contributed by atoms with Crippen LogP contribution in [0.3, 0.4) is 0 Å². The van der Waals surface area contributed by atoms with Gasteiger partial charge < -0.3 is 10.6 Å². The van der Waals surface area contributed by atoms with Gasteiger partial charge in [-0.1, -0.05) is 48.5 Å². The molecule has 2 N–H and O–H groups in total. The molecule has 1 fully saturated rings. The molecule has 3 rings (SSSR count). The highest BCUT2D eigenvalue weighted by Crippen LogP contribution is 2.33. The molecular weight excluding hydrogens is 340 g/mol. The number of hydrogen-bond donors (Lipinski definition) is 1. The summed E-state index contributed by atoms with van der Waals surface area (Å²) in [6.07, 6.45) is 0.997. The van der Waals surface area contributed by atoms with E-state index in [1.54, 1.807) is 0 Å². The molecule has 4 heteroatoms. The molecule has 0 saturated carbocycles. The predicted octanol–water partition coefficient (Wildman–Crippen LogP) is 3.36. The van der Waals surface area contributed by atoms with Crippen LogP contribution in [0.15, 0.2) is 60.7 Å². The minimum Gasteiger partial charge on any atom is -0.371 e. The van der Waals surface area contributed by atoms with Crippen LogP contribution in [0.4, 0.5) is 5.69 Å². The summed E-state index contributed by atoms with van der Waals surface area (Å²) in [5.41, 5.74) is 7.93. The predicted molar refractivity (Wildman–Crippen MR) is 95.5 cm³/mol. The summed E-state index contributed by atoms with van der Waals surface area (Å²) < 4.78 is 0. The van der Waals surface area contributed by atoms with Crippen LogP contribution in [-0.4, -0.2) is 19.0 Å². The molecule has 1 saturated heterocycles. The fourth-order valence-electron chi connectivity index (χ4n) is 3.26. The van der Waals surface area contributed by atoms with Gasteiger partial charge in [-0.3, -0.25) is 4.79 Å². The van der Waals surface area contributed by atoms with E-state index in [1.165, 1.54) is 5.69 Å². The van der Waals surface area contributed by atoms with Crippen molar-refractivity contribution in [2.75, 3.05) is 18.0 Å². The van der Waals surface area contributed by atoms with Crippen LogP contribution in [0.25, 0.3) is 0 Å². The van der Waals surface area contributed by atoms with E-state index in [0.29, 0.717) is 0 Å². The first-order valence-electron chi connectivity index (χ1n) is 7.40. The van der Waals surface area contributed by atoms with E-state index in [-0.39, 0.29) is 34.7 Å². The summed E-state index contributed by atoms with van der Waals surface area (Å²) in [5, 5.41) is 0. The summed E-state index contributed by atoms with van der Waals surface area (Å²) >= 11 is 0. The molecule has 0 radical (unpaired) electrons. The highest BCUT2D eigenvalue weighted by atomic mass is 79.9. The average Bonchev–Trinajstić information content (AvgIpc) is 2.98. The zero-order valence-electron chi connectivity index (χ0n) is 12.4. The molecule has 0 aliphatic carbocycles. The number of anilines is 1. The second-order valence-corrected chi connectivity index (χ2v) is 5.62. The number of para-hydroxylation sites is 1. The van der Waals surface area contributed by atoms with Crippen molar-refractivity contribution in [2.45, 2.75) is 12.3 Å². The van der Waals surface area contributed by atoms with Crippen LogP contribution in [-0.2, 0) is 4.79 Å². The van der Waals surface area contributed by atoms with Crippen LogP contribution in [0.5, 0.6) is 0 Å². The Bertz CT molecular complexity index is 603. The maximum absolute atomic E-state index is 11.9. The van der Waals surface area contributed by atoms with Gasteiger partial charge in [-0.2, -0.15) is 0 Å². The topological polar surface area (TPSA) is 46.3 Å². The Morgan fingerprint density at radius 1 is 1.05 bits per heavy atom. The fourth-order valence-corrected chi connectivity index (χ4v) is 3.26. The lowest BCUT2D eigenvalue weighted by atomic mass is 9.85. The molecule has 1 amide bonds. The van der Waals surface area contributed by atoms with Crippen LogP contribution >= 0.6 is 17.0 Å². The van der Waals surface area contributed by atoms with Crippen LogP contribution in [0.1, 0.15) is 17.9 Å². The standard InChI is InChI=1S/C18H20N2O.BrH/c19-18(21)17(14-7-3-1-4-8-14)15-11-12-20(13-15)16-9-5-2-6-10-16;/h1-10,15,17H,11-13H2,(H2,19,21);1H. The van der Waals surface area contributed by atoms with Crippen molar-refractivity contribution in [2.24, 2.45) is 11.7 Å². The molecule has 116 valence electrons. The van der Waals surface area contributed by atoms with E-state index >= 15 is 0 Å². The summed E-state index contributed by atoms with van der Waals surface area (Å²) in [6, 6.07) is 20.2. The molecule has 0 bridgehead atoms. The molecule has 2 aromatic rings. The highest BCUT2D eigenvalue weighted by Gasteiger charge is 2.33. The van der Waals surface area contributed by atoms with Crippen molar-refractivity contribution in [1.82, 2.24) is 0 Å². The molecular formula is C18H21BrN2O. The smallest absolute Gasteiger partial charge is 0.225 e. The first-order chi connectivity index (χ1) is 10.3. The number of nitrogens with zero attached hydrogens (tertiary/aromatic N) is 1. The molecule has 2 atom stereocenters. The lowest BCUT2D eigenvalue weighted by Crippen LogP contribution is -2.30. The van der Waals surface area contributed by atoms with Crippen molar-refractivity contribution in [3.8, 4) is 0 Å². The molecule has 1 aliphatic rings. The van der Waals surface area contributed by atoms with Gasteiger partial charge in [-0.25, -0.2) is 0 Å². The number of amides is 1. The van der Waals surface area contributed by atoms with Gasteiger partial charge in [-0.05, 0) is 30.0 Å². The van der Waals surface area contributed by atoms with Crippen LogP contribution in [0.2, 0.25) is 0 Å². The Hall–Kier alpha value is -1.81. The summed E-state index contributed by atoms with van der Waals surface area (Å²) in [4.78, 5) is 14.3. The van der Waals surface area contributed by atoms with Crippen molar-refractivity contribution in [1.29, 1.82) is 0 Å². The zero-order valence-corrected chi connectivity index (χ0v) is 14.1. The quantitative estimate of drug-likeness (QED) is 0.908. The van der Waals surface area contributed by atoms with Crippen LogP contribution < -0.4 is 10.6 Å². The number of rotatable bonds is 4. The first-order valence-corrected chi connectivity index (χ1v) is 7.40. The van der Waals surface area contributed by atoms with E-state index in [4.69, 9.17) is 5.73 Å². The lowest BCUT2D eigenvalue weighted by molar-refractivity contribution is -0.120. The molecule has 3 nitrogen and oxygen atoms in total. The second kappa shape index (κ2) is 7.45. The number of carbonyl (C=O) groups excluding carboxylic acids is 1. The normalized spacial score (nSPS) is 18.5. The minimum atomic E-state index is -0.221. The van der Waals surface area contributed by atoms with Gasteiger partial charge in [0.2, 0.25) is 5.91 Å². The van der Waals surface area contributed by atoms with Gasteiger partial charge in [-0.15, -0.1) is 17.0 Å². The van der Waals surface area contributed by atoms with E-state index in [2.05, 4.69) is 17.0 Å². The van der Waals surface area contributed by atoms with Crippen molar-refractivity contribution in [3.63, 3.8) is 0 Å². The molecule has 1 aliphatic heterocycles. The second-order valence-electron chi connectivity index (χ2n) is 5.62. The number of primary amides is 1. The molecule has 2 aromatic carbocycles. The fraction of sp³-hybridized carbons (Fsp3) is 0.278. The summed E-state index contributed by atoms with van der Waals surface area (Å²) in [6.45, 7) is 1.86. The third-order valence-electron chi connectivity index (χ3n) is 4.28. The van der Waals surface area contributed by atoms with E-state index in [0.717, 1.165) is 25.1 Å². The van der Waals surface area contributed by atoms with Gasteiger partial charge in [0.1, 0.15) is 0 Å². The third-order valence-corrected chi connectivity index (χ3v) is 4.28. The molecule has 1 heterocycles. The van der Waals surface area contributed by atoms with Gasteiger partial charge >= 0.3 is 0 Å². The maximum Gasteiger partial charge on any atom is 0.225 e. The minimum absolute atomic E-state index is 0. The van der Waals surface area contributed by atoms with Crippen molar-refractivity contribution >= 4 is 28.6 Å². The zero-order chi connectivity index (χ0) is 14.7. The van der Waals surface area contributed by atoms with Gasteiger partial charge in [0.15, 0.2) is 0 Å². The SMILES string of the molecule is Br.NC(=O)C(c1ccccc1)C1CCN(c2ccccc2)C1. The van der Waals surface area contributed by atoms with Gasteiger partial charge in [0.25, 0.3) is 0 Å². The Labute approximate surface area is 141 Å². The Morgan fingerprint density at radius 2 is 1.64 bits per heavy atom. The molecule has 0 aromatic heterocycles. The summed E-state index contributed by atoms with van der Waals surface area (Å²) in [5.74, 6) is -0.133. The number of hydrogen-bond acceptors (Lipinski definition) is 2. The average molecular weight is 361 g/mol. The molecule has 22 heavy (non-hydrogen) atoms. The van der Waals surface area contributed by atoms with Crippen molar-refractivity contribution < 1.29 is 4.79 Å². The van der Waals surface area contributed by atoms with E-state index < -0.39 is 0 Å². The van der Waals surface area contributed by atoms with E-state index in [9.17, 15) is 4.79 Å². The van der Waals surface area contributed by atoms with Crippen molar-refractivity contribution in [3.05, 3.63) is 66.2 Å². The van der Waals surface area contributed by atoms with Gasteiger partial charge in [0, 0.05) is 18.8 Å². The number of benzene rings is 2. The Kier molecular flexibility index (Phi) is 5.61. The highest BCUT2D eigenvalue weighted by molar-refractivity contribution is 8.93. The largest absolute Gasteiger partial charge is 0.371 e. The number of carbonyl (C=O) groups is 1. The van der Waals surface area contributed by atoms with Gasteiger partial charge in [0.05, 0.1) is 5.92 Å². The molecule has 0 spiro atoms. The Morgan fingerprint density at radius 3 is 2.23 bits per heavy atom. The lowest BCUT2D eigenvalue weighted by Gasteiger charge is -2.23. The molecule has 2 unspecified atom stereocenters. The van der Waals surface area contributed by atoms with Crippen LogP contribution in [0, 0.1) is 5.92 Å². The number of halogens is 1. The maximum atomic E-state index is 11.9. The Balaban J connectivity index is 0.00000176.